The lowest BCUT2D eigenvalue weighted by atomic mass is 9.41. The number of allylic oxidation sites excluding steroid dienone is 2. The Morgan fingerprint density at radius 1 is 0.971 bits per heavy atom. The zero-order chi connectivity index (χ0) is 24.9. The summed E-state index contributed by atoms with van der Waals surface area (Å²) in [7, 11) is 0. The lowest BCUT2D eigenvalue weighted by molar-refractivity contribution is -0.210. The van der Waals surface area contributed by atoms with Crippen LogP contribution in [-0.2, 0) is 4.79 Å². The van der Waals surface area contributed by atoms with Crippen LogP contribution in [-0.4, -0.2) is 33.5 Å². The number of rotatable bonds is 5. The van der Waals surface area contributed by atoms with Crippen molar-refractivity contribution in [2.24, 2.45) is 50.7 Å². The Kier molecular flexibility index (Phi) is 5.52. The van der Waals surface area contributed by atoms with Crippen molar-refractivity contribution in [2.75, 3.05) is 0 Å². The highest BCUT2D eigenvalue weighted by molar-refractivity contribution is 5.76. The fourth-order valence-corrected chi connectivity index (χ4v) is 11.2. The van der Waals surface area contributed by atoms with E-state index in [0.717, 1.165) is 31.6 Å². The van der Waals surface area contributed by atoms with Crippen LogP contribution in [0.1, 0.15) is 106 Å². The second-order valence-corrected chi connectivity index (χ2v) is 14.2. The van der Waals surface area contributed by atoms with Gasteiger partial charge in [-0.1, -0.05) is 32.4 Å². The van der Waals surface area contributed by atoms with E-state index in [1.54, 1.807) is 6.92 Å². The third-order valence-electron chi connectivity index (χ3n) is 13.2. The van der Waals surface area contributed by atoms with Gasteiger partial charge in [0, 0.05) is 11.8 Å². The molecule has 0 amide bonds. The smallest absolute Gasteiger partial charge is 0.312 e. The SMILES string of the molecule is CC(C)=CCCC(C)C1CCC2(C)C3CCC4C(C)(C(=O)O)C(O)CC(O)C45CC35CCC12C. The molecule has 34 heavy (non-hydrogen) atoms. The van der Waals surface area contributed by atoms with Crippen LogP contribution in [0.3, 0.4) is 0 Å². The number of fused-ring (bicyclic) bond motifs is 2. The van der Waals surface area contributed by atoms with Crippen molar-refractivity contribution in [1.29, 1.82) is 0 Å². The van der Waals surface area contributed by atoms with Crippen LogP contribution >= 0.6 is 0 Å². The van der Waals surface area contributed by atoms with Crippen molar-refractivity contribution in [3.05, 3.63) is 11.6 Å². The number of aliphatic hydroxyl groups is 2. The maximum absolute atomic E-state index is 12.5. The van der Waals surface area contributed by atoms with Gasteiger partial charge < -0.3 is 15.3 Å². The van der Waals surface area contributed by atoms with Crippen molar-refractivity contribution in [2.45, 2.75) is 118 Å². The minimum absolute atomic E-state index is 0.0701. The summed E-state index contributed by atoms with van der Waals surface area (Å²) in [5.41, 5.74) is 0.603. The number of aliphatic hydroxyl groups excluding tert-OH is 2. The number of hydrogen-bond acceptors (Lipinski definition) is 3. The summed E-state index contributed by atoms with van der Waals surface area (Å²) in [5.74, 6) is 1.02. The molecule has 5 saturated carbocycles. The number of hydrogen-bond donors (Lipinski definition) is 3. The predicted molar refractivity (Wildman–Crippen MR) is 134 cm³/mol. The summed E-state index contributed by atoms with van der Waals surface area (Å²) in [6, 6.07) is 0. The molecule has 0 aromatic carbocycles. The van der Waals surface area contributed by atoms with Gasteiger partial charge >= 0.3 is 5.97 Å². The van der Waals surface area contributed by atoms with Gasteiger partial charge in [-0.3, -0.25) is 4.79 Å². The zero-order valence-corrected chi connectivity index (χ0v) is 22.4. The van der Waals surface area contributed by atoms with Crippen LogP contribution in [0.2, 0.25) is 0 Å². The molecule has 5 fully saturated rings. The van der Waals surface area contributed by atoms with Gasteiger partial charge in [-0.25, -0.2) is 0 Å². The van der Waals surface area contributed by atoms with Crippen molar-refractivity contribution >= 4 is 5.97 Å². The normalized spacial score (nSPS) is 54.2. The van der Waals surface area contributed by atoms with Gasteiger partial charge in [0.05, 0.1) is 17.6 Å². The minimum atomic E-state index is -1.15. The summed E-state index contributed by atoms with van der Waals surface area (Å²) < 4.78 is 0. The first kappa shape index (κ1) is 24.8. The maximum Gasteiger partial charge on any atom is 0.312 e. The Balaban J connectivity index is 1.45. The fraction of sp³-hybridized carbons (Fsp3) is 0.900. The molecule has 0 heterocycles. The number of aliphatic carboxylic acids is 1. The summed E-state index contributed by atoms with van der Waals surface area (Å²) in [4.78, 5) is 12.5. The summed E-state index contributed by atoms with van der Waals surface area (Å²) in [6.07, 6.45) is 11.2. The Bertz CT molecular complexity index is 892. The lowest BCUT2D eigenvalue weighted by Gasteiger charge is -2.63. The Morgan fingerprint density at radius 3 is 2.29 bits per heavy atom. The molecule has 0 aromatic rings. The molecule has 0 aliphatic heterocycles. The molecule has 11 unspecified atom stereocenters. The third-order valence-corrected chi connectivity index (χ3v) is 13.2. The first-order valence-corrected chi connectivity index (χ1v) is 14.0. The van der Waals surface area contributed by atoms with Crippen LogP contribution in [0.25, 0.3) is 0 Å². The Labute approximate surface area is 206 Å². The van der Waals surface area contributed by atoms with E-state index in [-0.39, 0.29) is 28.6 Å². The molecule has 192 valence electrons. The van der Waals surface area contributed by atoms with E-state index in [2.05, 4.69) is 40.7 Å². The molecule has 0 aromatic heterocycles. The van der Waals surface area contributed by atoms with Gasteiger partial charge in [0.1, 0.15) is 0 Å². The van der Waals surface area contributed by atoms with Crippen LogP contribution < -0.4 is 0 Å². The van der Waals surface area contributed by atoms with E-state index < -0.39 is 23.6 Å². The number of carbonyl (C=O) groups is 1. The van der Waals surface area contributed by atoms with Crippen molar-refractivity contribution < 1.29 is 20.1 Å². The Hall–Kier alpha value is -0.870. The molecular weight excluding hydrogens is 424 g/mol. The van der Waals surface area contributed by atoms with Crippen LogP contribution in [0.4, 0.5) is 0 Å². The van der Waals surface area contributed by atoms with Gasteiger partial charge in [0.2, 0.25) is 0 Å². The molecule has 0 radical (unpaired) electrons. The maximum atomic E-state index is 12.5. The summed E-state index contributed by atoms with van der Waals surface area (Å²) in [6.45, 7) is 13.8. The molecule has 4 heteroatoms. The van der Waals surface area contributed by atoms with Gasteiger partial charge in [-0.15, -0.1) is 0 Å². The van der Waals surface area contributed by atoms with E-state index in [1.165, 1.54) is 37.7 Å². The molecule has 5 rings (SSSR count). The third kappa shape index (κ3) is 2.76. The fourth-order valence-electron chi connectivity index (χ4n) is 11.2. The summed E-state index contributed by atoms with van der Waals surface area (Å²) in [5, 5.41) is 32.5. The van der Waals surface area contributed by atoms with Crippen molar-refractivity contribution in [1.82, 2.24) is 0 Å². The molecule has 4 nitrogen and oxygen atoms in total. The van der Waals surface area contributed by atoms with Crippen molar-refractivity contribution in [3.8, 4) is 0 Å². The van der Waals surface area contributed by atoms with Crippen molar-refractivity contribution in [3.63, 3.8) is 0 Å². The molecule has 11 atom stereocenters. The van der Waals surface area contributed by atoms with E-state index >= 15 is 0 Å². The largest absolute Gasteiger partial charge is 0.481 e. The monoisotopic (exact) mass is 472 g/mol. The van der Waals surface area contributed by atoms with E-state index in [1.807, 2.05) is 0 Å². The zero-order valence-electron chi connectivity index (χ0n) is 22.4. The first-order chi connectivity index (χ1) is 15.8. The van der Waals surface area contributed by atoms with E-state index in [0.29, 0.717) is 17.3 Å². The quantitative estimate of drug-likeness (QED) is 0.416. The second-order valence-electron chi connectivity index (χ2n) is 14.2. The van der Waals surface area contributed by atoms with Crippen LogP contribution in [0, 0.1) is 50.7 Å². The van der Waals surface area contributed by atoms with Crippen LogP contribution in [0.5, 0.6) is 0 Å². The van der Waals surface area contributed by atoms with Crippen LogP contribution in [0.15, 0.2) is 11.6 Å². The standard InChI is InChI=1S/C30H48O4/c1-18(2)8-7-9-19(3)20-12-13-27(5)21-10-11-22-28(6,25(33)34)23(31)16-24(32)30(22)17-29(21,30)15-14-26(20,27)4/h8,19-24,31-32H,7,9-17H2,1-6H3,(H,33,34). The molecule has 5 aliphatic rings. The highest BCUT2D eigenvalue weighted by Gasteiger charge is 2.85. The average molecular weight is 473 g/mol. The van der Waals surface area contributed by atoms with E-state index in [4.69, 9.17) is 0 Å². The second kappa shape index (κ2) is 7.57. The lowest BCUT2D eigenvalue weighted by Crippen LogP contribution is -2.63. The number of carboxylic acids is 1. The van der Waals surface area contributed by atoms with E-state index in [9.17, 15) is 20.1 Å². The molecule has 0 bridgehead atoms. The van der Waals surface area contributed by atoms with Gasteiger partial charge in [0.15, 0.2) is 0 Å². The molecule has 2 spiro atoms. The molecular formula is C30H48O4. The van der Waals surface area contributed by atoms with Gasteiger partial charge in [-0.2, -0.15) is 0 Å². The first-order valence-electron chi connectivity index (χ1n) is 14.0. The summed E-state index contributed by atoms with van der Waals surface area (Å²) >= 11 is 0. The molecule has 5 aliphatic carbocycles. The highest BCUT2D eigenvalue weighted by atomic mass is 16.4. The average Bonchev–Trinajstić information content (AvgIpc) is 3.37. The Morgan fingerprint density at radius 2 is 1.65 bits per heavy atom. The molecule has 0 saturated heterocycles. The predicted octanol–water partition coefficient (Wildman–Crippen LogP) is 6.20. The van der Waals surface area contributed by atoms with Gasteiger partial charge in [-0.05, 0) is 118 Å². The number of carboxylic acid groups (broad SMARTS) is 1. The molecule has 3 N–H and O–H groups in total. The minimum Gasteiger partial charge on any atom is -0.481 e. The topological polar surface area (TPSA) is 77.8 Å². The van der Waals surface area contributed by atoms with Gasteiger partial charge in [0.25, 0.3) is 0 Å². The highest BCUT2D eigenvalue weighted by Crippen LogP contribution is 2.89.